The summed E-state index contributed by atoms with van der Waals surface area (Å²) in [5, 5.41) is 7.27. The first kappa shape index (κ1) is 15.6. The maximum Gasteiger partial charge on any atom is 0.263 e. The Kier molecular flexibility index (Phi) is 4.69. The van der Waals surface area contributed by atoms with Crippen LogP contribution in [0.25, 0.3) is 0 Å². The van der Waals surface area contributed by atoms with E-state index in [1.54, 1.807) is 16.9 Å². The van der Waals surface area contributed by atoms with E-state index in [-0.39, 0.29) is 4.90 Å². The number of nitrogens with one attached hydrogen (secondary N) is 3. The SMILES string of the molecule is CCn1cc(NS(=O)(=O)c2c[nH]c(CNC(C)C)c2)cn1. The number of aromatic nitrogens is 3. The first-order valence-corrected chi connectivity index (χ1v) is 8.35. The zero-order valence-corrected chi connectivity index (χ0v) is 13.2. The van der Waals surface area contributed by atoms with Crippen molar-refractivity contribution < 1.29 is 8.42 Å². The van der Waals surface area contributed by atoms with Gasteiger partial charge in [-0.05, 0) is 13.0 Å². The van der Waals surface area contributed by atoms with Gasteiger partial charge in [-0.3, -0.25) is 9.40 Å². The van der Waals surface area contributed by atoms with Crippen LogP contribution >= 0.6 is 0 Å². The molecule has 0 saturated carbocycles. The standard InChI is InChI=1S/C13H21N5O2S/c1-4-18-9-12(7-16-18)17-21(19,20)13-5-11(15-8-13)6-14-10(2)3/h5,7-10,14-15,17H,4,6H2,1-3H3. The number of rotatable bonds is 7. The highest BCUT2D eigenvalue weighted by atomic mass is 32.2. The number of hydrogen-bond donors (Lipinski definition) is 3. The fourth-order valence-corrected chi connectivity index (χ4v) is 2.84. The Bertz CT molecular complexity index is 687. The molecule has 2 aromatic rings. The van der Waals surface area contributed by atoms with E-state index in [0.717, 1.165) is 5.69 Å². The molecule has 0 amide bonds. The van der Waals surface area contributed by atoms with Crippen molar-refractivity contribution in [1.82, 2.24) is 20.1 Å². The molecule has 2 heterocycles. The Morgan fingerprint density at radius 1 is 1.43 bits per heavy atom. The maximum atomic E-state index is 12.3. The summed E-state index contributed by atoms with van der Waals surface area (Å²) >= 11 is 0. The topological polar surface area (TPSA) is 91.8 Å². The third kappa shape index (κ3) is 4.08. The highest BCUT2D eigenvalue weighted by molar-refractivity contribution is 7.92. The number of hydrogen-bond acceptors (Lipinski definition) is 4. The van der Waals surface area contributed by atoms with Crippen molar-refractivity contribution >= 4 is 15.7 Å². The molecule has 0 bridgehead atoms. The molecule has 0 radical (unpaired) electrons. The van der Waals surface area contributed by atoms with Gasteiger partial charge in [0.1, 0.15) is 4.90 Å². The van der Waals surface area contributed by atoms with Crippen molar-refractivity contribution in [2.24, 2.45) is 0 Å². The number of sulfonamides is 1. The predicted octanol–water partition coefficient (Wildman–Crippen LogP) is 1.53. The van der Waals surface area contributed by atoms with Gasteiger partial charge in [0.15, 0.2) is 0 Å². The van der Waals surface area contributed by atoms with E-state index in [1.165, 1.54) is 12.4 Å². The van der Waals surface area contributed by atoms with Crippen molar-refractivity contribution in [3.8, 4) is 0 Å². The lowest BCUT2D eigenvalue weighted by Crippen LogP contribution is -2.21. The Morgan fingerprint density at radius 3 is 2.81 bits per heavy atom. The van der Waals surface area contributed by atoms with Crippen LogP contribution in [-0.2, 0) is 23.1 Å². The molecule has 0 aliphatic heterocycles. The van der Waals surface area contributed by atoms with Gasteiger partial charge in [-0.1, -0.05) is 13.8 Å². The van der Waals surface area contributed by atoms with Gasteiger partial charge in [0.25, 0.3) is 10.0 Å². The fraction of sp³-hybridized carbons (Fsp3) is 0.462. The monoisotopic (exact) mass is 311 g/mol. The van der Waals surface area contributed by atoms with Gasteiger partial charge in [0.2, 0.25) is 0 Å². The summed E-state index contributed by atoms with van der Waals surface area (Å²) in [6.45, 7) is 7.30. The summed E-state index contributed by atoms with van der Waals surface area (Å²) in [6.07, 6.45) is 4.64. The zero-order chi connectivity index (χ0) is 15.5. The van der Waals surface area contributed by atoms with Crippen LogP contribution in [0.4, 0.5) is 5.69 Å². The van der Waals surface area contributed by atoms with Crippen molar-refractivity contribution in [3.05, 3.63) is 30.4 Å². The largest absolute Gasteiger partial charge is 0.363 e. The summed E-state index contributed by atoms with van der Waals surface area (Å²) in [7, 11) is -3.59. The van der Waals surface area contributed by atoms with Gasteiger partial charge in [-0.2, -0.15) is 5.10 Å². The first-order chi connectivity index (χ1) is 9.90. The second-order valence-corrected chi connectivity index (χ2v) is 6.77. The van der Waals surface area contributed by atoms with Gasteiger partial charge in [-0.25, -0.2) is 8.42 Å². The highest BCUT2D eigenvalue weighted by Gasteiger charge is 2.17. The molecule has 2 rings (SSSR count). The van der Waals surface area contributed by atoms with E-state index in [9.17, 15) is 8.42 Å². The van der Waals surface area contributed by atoms with Crippen LogP contribution in [0.1, 0.15) is 26.5 Å². The number of H-pyrrole nitrogens is 1. The molecule has 0 spiro atoms. The first-order valence-electron chi connectivity index (χ1n) is 6.86. The molecule has 3 N–H and O–H groups in total. The van der Waals surface area contributed by atoms with Crippen molar-refractivity contribution in [2.75, 3.05) is 4.72 Å². The summed E-state index contributed by atoms with van der Waals surface area (Å²) < 4.78 is 28.7. The molecular formula is C13H21N5O2S. The predicted molar refractivity (Wildman–Crippen MR) is 81.5 cm³/mol. The van der Waals surface area contributed by atoms with Crippen LogP contribution in [0.15, 0.2) is 29.6 Å². The fourth-order valence-electron chi connectivity index (χ4n) is 1.79. The zero-order valence-electron chi connectivity index (χ0n) is 12.4. The molecular weight excluding hydrogens is 290 g/mol. The molecule has 0 unspecified atom stereocenters. The van der Waals surface area contributed by atoms with E-state index in [4.69, 9.17) is 0 Å². The Labute approximate surface area is 124 Å². The van der Waals surface area contributed by atoms with E-state index in [0.29, 0.717) is 24.8 Å². The summed E-state index contributed by atoms with van der Waals surface area (Å²) in [4.78, 5) is 3.18. The van der Waals surface area contributed by atoms with E-state index in [2.05, 4.69) is 20.1 Å². The molecule has 0 aromatic carbocycles. The maximum absolute atomic E-state index is 12.3. The normalized spacial score (nSPS) is 12.0. The van der Waals surface area contributed by atoms with E-state index >= 15 is 0 Å². The molecule has 7 nitrogen and oxygen atoms in total. The lowest BCUT2D eigenvalue weighted by Gasteiger charge is -2.05. The molecule has 8 heteroatoms. The molecule has 0 atom stereocenters. The lowest BCUT2D eigenvalue weighted by molar-refractivity contribution is 0.582. The Morgan fingerprint density at radius 2 is 2.19 bits per heavy atom. The van der Waals surface area contributed by atoms with E-state index < -0.39 is 10.0 Å². The number of anilines is 1. The third-order valence-corrected chi connectivity index (χ3v) is 4.30. The minimum absolute atomic E-state index is 0.215. The average molecular weight is 311 g/mol. The molecule has 0 saturated heterocycles. The number of aryl methyl sites for hydroxylation is 1. The second-order valence-electron chi connectivity index (χ2n) is 5.09. The molecule has 116 valence electrons. The number of nitrogens with zero attached hydrogens (tertiary/aromatic N) is 2. The van der Waals surface area contributed by atoms with Gasteiger partial charge >= 0.3 is 0 Å². The summed E-state index contributed by atoms with van der Waals surface area (Å²) in [6, 6.07) is 1.97. The van der Waals surface area contributed by atoms with Crippen LogP contribution in [0, 0.1) is 0 Å². The van der Waals surface area contributed by atoms with Gasteiger partial charge in [-0.15, -0.1) is 0 Å². The summed E-state index contributed by atoms with van der Waals surface area (Å²) in [5.74, 6) is 0. The van der Waals surface area contributed by atoms with E-state index in [1.807, 2.05) is 20.8 Å². The molecule has 0 aliphatic carbocycles. The van der Waals surface area contributed by atoms with Crippen LogP contribution in [0.2, 0.25) is 0 Å². The number of aromatic amines is 1. The molecule has 21 heavy (non-hydrogen) atoms. The highest BCUT2D eigenvalue weighted by Crippen LogP contribution is 2.16. The van der Waals surface area contributed by atoms with Crippen LogP contribution in [0.3, 0.4) is 0 Å². The van der Waals surface area contributed by atoms with Gasteiger partial charge < -0.3 is 10.3 Å². The van der Waals surface area contributed by atoms with Crippen molar-refractivity contribution in [1.29, 1.82) is 0 Å². The van der Waals surface area contributed by atoms with Gasteiger partial charge in [0.05, 0.1) is 11.9 Å². The average Bonchev–Trinajstić information content (AvgIpc) is 3.04. The van der Waals surface area contributed by atoms with Gasteiger partial charge in [0, 0.05) is 37.2 Å². The Hall–Kier alpha value is -1.80. The quantitative estimate of drug-likeness (QED) is 0.723. The van der Waals surface area contributed by atoms with Crippen molar-refractivity contribution in [3.63, 3.8) is 0 Å². The lowest BCUT2D eigenvalue weighted by atomic mass is 10.3. The van der Waals surface area contributed by atoms with Crippen LogP contribution < -0.4 is 10.0 Å². The molecule has 2 aromatic heterocycles. The van der Waals surface area contributed by atoms with Crippen LogP contribution in [-0.4, -0.2) is 29.2 Å². The van der Waals surface area contributed by atoms with Crippen molar-refractivity contribution in [2.45, 2.75) is 44.8 Å². The molecule has 0 fully saturated rings. The second kappa shape index (κ2) is 6.31. The molecule has 0 aliphatic rings. The summed E-state index contributed by atoms with van der Waals surface area (Å²) in [5.41, 5.74) is 1.29. The smallest absolute Gasteiger partial charge is 0.263 e. The minimum Gasteiger partial charge on any atom is -0.363 e. The van der Waals surface area contributed by atoms with Crippen LogP contribution in [0.5, 0.6) is 0 Å². The minimum atomic E-state index is -3.59. The third-order valence-electron chi connectivity index (χ3n) is 2.94. The Balaban J connectivity index is 2.08.